The number of carboxylic acids is 1. The molecular formula is C6H9ClO3. The Balaban J connectivity index is 3.10. The number of carboxylic acid groups (broad SMARTS) is 1. The summed E-state index contributed by atoms with van der Waals surface area (Å²) in [5.74, 6) is -0.480. The highest BCUT2D eigenvalue weighted by Gasteiger charge is 1.84. The van der Waals surface area contributed by atoms with Crippen molar-refractivity contribution in [1.29, 1.82) is 0 Å². The zero-order valence-electron chi connectivity index (χ0n) is 5.42. The molecule has 0 aromatic heterocycles. The lowest BCUT2D eigenvalue weighted by molar-refractivity contribution is -0.131. The molecule has 10 heavy (non-hydrogen) atoms. The van der Waals surface area contributed by atoms with Crippen molar-refractivity contribution < 1.29 is 14.6 Å². The Morgan fingerprint density at radius 3 is 2.90 bits per heavy atom. The lowest BCUT2D eigenvalue weighted by Gasteiger charge is -1.94. The monoisotopic (exact) mass is 164 g/mol. The third kappa shape index (κ3) is 7.30. The topological polar surface area (TPSA) is 46.5 Å². The van der Waals surface area contributed by atoms with Crippen LogP contribution in [0.25, 0.3) is 0 Å². The van der Waals surface area contributed by atoms with Gasteiger partial charge in [-0.3, -0.25) is 0 Å². The van der Waals surface area contributed by atoms with E-state index in [1.807, 2.05) is 0 Å². The number of alkyl halides is 1. The Morgan fingerprint density at radius 2 is 2.40 bits per heavy atom. The number of rotatable bonds is 5. The predicted molar refractivity (Wildman–Crippen MR) is 38.1 cm³/mol. The van der Waals surface area contributed by atoms with Crippen molar-refractivity contribution in [3.05, 3.63) is 12.3 Å². The van der Waals surface area contributed by atoms with E-state index in [1.54, 1.807) is 0 Å². The van der Waals surface area contributed by atoms with Crippen LogP contribution in [0, 0.1) is 0 Å². The van der Waals surface area contributed by atoms with E-state index in [-0.39, 0.29) is 0 Å². The summed E-state index contributed by atoms with van der Waals surface area (Å²) >= 11 is 5.32. The van der Waals surface area contributed by atoms with Gasteiger partial charge in [-0.05, 0) is 6.42 Å². The smallest absolute Gasteiger partial charge is 0.331 e. The van der Waals surface area contributed by atoms with Crippen LogP contribution in [-0.4, -0.2) is 23.6 Å². The minimum atomic E-state index is -1.01. The summed E-state index contributed by atoms with van der Waals surface area (Å²) in [6.07, 6.45) is 2.81. The van der Waals surface area contributed by atoms with Gasteiger partial charge in [0.25, 0.3) is 0 Å². The van der Waals surface area contributed by atoms with Gasteiger partial charge in [0.05, 0.1) is 18.9 Å². The van der Waals surface area contributed by atoms with E-state index < -0.39 is 5.97 Å². The molecule has 1 N–H and O–H groups in total. The van der Waals surface area contributed by atoms with Crippen molar-refractivity contribution in [2.75, 3.05) is 12.5 Å². The number of hydrogen-bond acceptors (Lipinski definition) is 2. The molecule has 58 valence electrons. The quantitative estimate of drug-likeness (QED) is 0.288. The van der Waals surface area contributed by atoms with E-state index in [0.717, 1.165) is 18.8 Å². The normalized spacial score (nSPS) is 10.1. The summed E-state index contributed by atoms with van der Waals surface area (Å²) in [6, 6.07) is 0. The average Bonchev–Trinajstić information content (AvgIpc) is 1.87. The van der Waals surface area contributed by atoms with Crippen LogP contribution in [0.5, 0.6) is 0 Å². The third-order valence-electron chi connectivity index (χ3n) is 0.703. The molecule has 0 saturated carbocycles. The number of aliphatic carboxylic acids is 1. The van der Waals surface area contributed by atoms with Crippen LogP contribution in [0.3, 0.4) is 0 Å². The van der Waals surface area contributed by atoms with E-state index in [1.165, 1.54) is 0 Å². The largest absolute Gasteiger partial charge is 0.501 e. The molecule has 0 aliphatic carbocycles. The van der Waals surface area contributed by atoms with Crippen LogP contribution in [0.1, 0.15) is 6.42 Å². The van der Waals surface area contributed by atoms with Crippen molar-refractivity contribution in [2.24, 2.45) is 0 Å². The lowest BCUT2D eigenvalue weighted by Crippen LogP contribution is -1.90. The van der Waals surface area contributed by atoms with Gasteiger partial charge in [0.15, 0.2) is 0 Å². The summed E-state index contributed by atoms with van der Waals surface area (Å²) in [4.78, 5) is 9.84. The molecule has 0 aromatic rings. The Bertz CT molecular complexity index is 122. The van der Waals surface area contributed by atoms with Crippen molar-refractivity contribution in [3.8, 4) is 0 Å². The molecule has 0 unspecified atom stereocenters. The molecular weight excluding hydrogens is 156 g/mol. The summed E-state index contributed by atoms with van der Waals surface area (Å²) in [5, 5.41) is 8.08. The van der Waals surface area contributed by atoms with Gasteiger partial charge in [-0.1, -0.05) is 0 Å². The molecule has 0 aliphatic heterocycles. The van der Waals surface area contributed by atoms with Gasteiger partial charge in [-0.15, -0.1) is 11.6 Å². The van der Waals surface area contributed by atoms with Crippen LogP contribution in [0.2, 0.25) is 0 Å². The van der Waals surface area contributed by atoms with Gasteiger partial charge in [0.2, 0.25) is 0 Å². The maximum Gasteiger partial charge on any atom is 0.331 e. The molecule has 0 radical (unpaired) electrons. The van der Waals surface area contributed by atoms with Gasteiger partial charge in [-0.25, -0.2) is 4.79 Å². The minimum absolute atomic E-state index is 0.466. The summed E-state index contributed by atoms with van der Waals surface area (Å²) in [5.41, 5.74) is 0. The van der Waals surface area contributed by atoms with Crippen LogP contribution in [-0.2, 0) is 9.53 Å². The fraction of sp³-hybridized carbons (Fsp3) is 0.500. The van der Waals surface area contributed by atoms with E-state index in [2.05, 4.69) is 0 Å². The maximum absolute atomic E-state index is 9.84. The lowest BCUT2D eigenvalue weighted by atomic mass is 10.5. The molecule has 0 fully saturated rings. The predicted octanol–water partition coefficient (Wildman–Crippen LogP) is 1.23. The molecule has 0 aromatic carbocycles. The number of halogens is 1. The second-order valence-electron chi connectivity index (χ2n) is 1.55. The second-order valence-corrected chi connectivity index (χ2v) is 1.93. The summed E-state index contributed by atoms with van der Waals surface area (Å²) in [6.45, 7) is 0.466. The van der Waals surface area contributed by atoms with Crippen LogP contribution < -0.4 is 0 Å². The summed E-state index contributed by atoms with van der Waals surface area (Å²) < 4.78 is 4.74. The van der Waals surface area contributed by atoms with Gasteiger partial charge in [0, 0.05) is 5.88 Å². The summed E-state index contributed by atoms with van der Waals surface area (Å²) in [7, 11) is 0. The van der Waals surface area contributed by atoms with Gasteiger partial charge < -0.3 is 9.84 Å². The van der Waals surface area contributed by atoms with E-state index in [4.69, 9.17) is 21.4 Å². The average molecular weight is 165 g/mol. The van der Waals surface area contributed by atoms with Gasteiger partial charge in [-0.2, -0.15) is 0 Å². The first-order valence-electron chi connectivity index (χ1n) is 2.84. The Kier molecular flexibility index (Phi) is 5.97. The zero-order chi connectivity index (χ0) is 7.82. The van der Waals surface area contributed by atoms with Crippen molar-refractivity contribution in [1.82, 2.24) is 0 Å². The Hall–Kier alpha value is -0.700. The fourth-order valence-electron chi connectivity index (χ4n) is 0.312. The van der Waals surface area contributed by atoms with E-state index in [9.17, 15) is 4.79 Å². The third-order valence-corrected chi connectivity index (χ3v) is 0.970. The van der Waals surface area contributed by atoms with Crippen molar-refractivity contribution >= 4 is 17.6 Å². The fourth-order valence-corrected chi connectivity index (χ4v) is 0.421. The van der Waals surface area contributed by atoms with Crippen molar-refractivity contribution in [2.45, 2.75) is 6.42 Å². The standard InChI is InChI=1S/C6H9ClO3/c7-3-1-4-10-5-2-6(8)9/h2,5H,1,3-4H2,(H,8,9)/b5-2+. The molecule has 0 rings (SSSR count). The first-order chi connectivity index (χ1) is 4.77. The highest BCUT2D eigenvalue weighted by atomic mass is 35.5. The first-order valence-corrected chi connectivity index (χ1v) is 3.38. The molecule has 0 heterocycles. The zero-order valence-corrected chi connectivity index (χ0v) is 6.17. The molecule has 0 amide bonds. The highest BCUT2D eigenvalue weighted by Crippen LogP contribution is 1.86. The van der Waals surface area contributed by atoms with Crippen molar-refractivity contribution in [3.63, 3.8) is 0 Å². The van der Waals surface area contributed by atoms with E-state index in [0.29, 0.717) is 12.5 Å². The SMILES string of the molecule is O=C(O)/C=C/OCCCCl. The van der Waals surface area contributed by atoms with Crippen LogP contribution in [0.15, 0.2) is 12.3 Å². The molecule has 0 bridgehead atoms. The van der Waals surface area contributed by atoms with Gasteiger partial charge in [0.1, 0.15) is 0 Å². The molecule has 0 atom stereocenters. The first kappa shape index (κ1) is 9.30. The van der Waals surface area contributed by atoms with Crippen LogP contribution in [0.4, 0.5) is 0 Å². The highest BCUT2D eigenvalue weighted by molar-refractivity contribution is 6.17. The number of ether oxygens (including phenoxy) is 1. The van der Waals surface area contributed by atoms with Gasteiger partial charge >= 0.3 is 5.97 Å². The van der Waals surface area contributed by atoms with Crippen LogP contribution >= 0.6 is 11.6 Å². The molecule has 4 heteroatoms. The number of carbonyl (C=O) groups is 1. The molecule has 0 saturated heterocycles. The number of hydrogen-bond donors (Lipinski definition) is 1. The maximum atomic E-state index is 9.84. The molecule has 0 spiro atoms. The van der Waals surface area contributed by atoms with E-state index >= 15 is 0 Å². The molecule has 3 nitrogen and oxygen atoms in total. The Labute approximate surface area is 64.2 Å². The Morgan fingerprint density at radius 1 is 1.70 bits per heavy atom. The molecule has 0 aliphatic rings. The second kappa shape index (κ2) is 6.42. The minimum Gasteiger partial charge on any atom is -0.501 e.